The second kappa shape index (κ2) is 5.17. The van der Waals surface area contributed by atoms with Gasteiger partial charge in [-0.2, -0.15) is 0 Å². The molecule has 3 nitrogen and oxygen atoms in total. The smallest absolute Gasteiger partial charge is 0.111 e. The zero-order valence-electron chi connectivity index (χ0n) is 12.1. The molecule has 3 heteroatoms. The fourth-order valence-electron chi connectivity index (χ4n) is 2.35. The summed E-state index contributed by atoms with van der Waals surface area (Å²) in [4.78, 5) is 4.28. The summed E-state index contributed by atoms with van der Waals surface area (Å²) in [6.07, 6.45) is 3.68. The average Bonchev–Trinajstić information content (AvgIpc) is 2.74. The Morgan fingerprint density at radius 1 is 1.26 bits per heavy atom. The number of hydrogen-bond donors (Lipinski definition) is 1. The van der Waals surface area contributed by atoms with E-state index >= 15 is 0 Å². The van der Waals surface area contributed by atoms with E-state index in [4.69, 9.17) is 0 Å². The van der Waals surface area contributed by atoms with Crippen LogP contribution in [0.2, 0.25) is 0 Å². The third-order valence-electron chi connectivity index (χ3n) is 3.42. The van der Waals surface area contributed by atoms with Gasteiger partial charge in [0.05, 0.1) is 6.10 Å². The van der Waals surface area contributed by atoms with Crippen LogP contribution in [-0.2, 0) is 18.9 Å². The Hall–Kier alpha value is -1.61. The topological polar surface area (TPSA) is 38.0 Å². The zero-order valence-corrected chi connectivity index (χ0v) is 12.1. The molecule has 0 saturated heterocycles. The van der Waals surface area contributed by atoms with Crippen LogP contribution in [0.25, 0.3) is 0 Å². The summed E-state index contributed by atoms with van der Waals surface area (Å²) in [7, 11) is 1.95. The minimum Gasteiger partial charge on any atom is -0.388 e. The first kappa shape index (κ1) is 13.8. The summed E-state index contributed by atoms with van der Waals surface area (Å²) >= 11 is 0. The molecule has 0 saturated carbocycles. The lowest BCUT2D eigenvalue weighted by atomic mass is 9.82. The Bertz CT molecular complexity index is 552. The summed E-state index contributed by atoms with van der Waals surface area (Å²) in [5.74, 6) is 0.899. The van der Waals surface area contributed by atoms with Crippen LogP contribution in [0.15, 0.2) is 36.7 Å². The number of aliphatic hydroxyl groups excluding tert-OH is 1. The molecule has 0 bridgehead atoms. The molecule has 19 heavy (non-hydrogen) atoms. The monoisotopic (exact) mass is 258 g/mol. The molecule has 0 radical (unpaired) electrons. The van der Waals surface area contributed by atoms with E-state index in [0.717, 1.165) is 11.4 Å². The van der Waals surface area contributed by atoms with Crippen molar-refractivity contribution in [2.24, 2.45) is 7.05 Å². The molecule has 1 N–H and O–H groups in total. The van der Waals surface area contributed by atoms with Gasteiger partial charge < -0.3 is 9.67 Å². The van der Waals surface area contributed by atoms with Crippen LogP contribution in [0.1, 0.15) is 43.8 Å². The minimum atomic E-state index is -0.517. The van der Waals surface area contributed by atoms with E-state index in [-0.39, 0.29) is 5.41 Å². The number of aliphatic hydroxyl groups is 1. The average molecular weight is 258 g/mol. The molecule has 1 unspecified atom stereocenters. The first-order chi connectivity index (χ1) is 8.89. The number of nitrogens with zero attached hydrogens (tertiary/aromatic N) is 2. The number of aryl methyl sites for hydroxylation is 1. The summed E-state index contributed by atoms with van der Waals surface area (Å²) in [5, 5.41) is 10.5. The van der Waals surface area contributed by atoms with Gasteiger partial charge in [0.2, 0.25) is 0 Å². The van der Waals surface area contributed by atoms with E-state index < -0.39 is 6.10 Å². The van der Waals surface area contributed by atoms with Gasteiger partial charge in [0.25, 0.3) is 0 Å². The van der Waals surface area contributed by atoms with Crippen LogP contribution < -0.4 is 0 Å². The molecule has 0 aliphatic carbocycles. The summed E-state index contributed by atoms with van der Waals surface area (Å²) < 4.78 is 1.95. The van der Waals surface area contributed by atoms with Crippen molar-refractivity contribution in [2.75, 3.05) is 0 Å². The van der Waals surface area contributed by atoms with Gasteiger partial charge in [0.1, 0.15) is 5.82 Å². The quantitative estimate of drug-likeness (QED) is 0.919. The predicted molar refractivity (Wildman–Crippen MR) is 77.0 cm³/mol. The van der Waals surface area contributed by atoms with Crippen LogP contribution in [0.3, 0.4) is 0 Å². The predicted octanol–water partition coefficient (Wildman–Crippen LogP) is 2.99. The van der Waals surface area contributed by atoms with Crippen molar-refractivity contribution >= 4 is 0 Å². The van der Waals surface area contributed by atoms with Crippen LogP contribution >= 0.6 is 0 Å². The molecule has 2 aromatic rings. The van der Waals surface area contributed by atoms with Gasteiger partial charge in [-0.15, -0.1) is 0 Å². The highest BCUT2D eigenvalue weighted by molar-refractivity contribution is 5.34. The van der Waals surface area contributed by atoms with Gasteiger partial charge in [-0.05, 0) is 16.5 Å². The molecule has 0 fully saturated rings. The Morgan fingerprint density at radius 2 is 1.95 bits per heavy atom. The Labute approximate surface area is 114 Å². The number of hydrogen-bond acceptors (Lipinski definition) is 2. The molecule has 1 aromatic heterocycles. The normalized spacial score (nSPS) is 13.5. The number of imidazole rings is 1. The van der Waals surface area contributed by atoms with Gasteiger partial charge in [-0.1, -0.05) is 45.0 Å². The van der Waals surface area contributed by atoms with Crippen molar-refractivity contribution < 1.29 is 5.11 Å². The molecule has 0 spiro atoms. The largest absolute Gasteiger partial charge is 0.388 e. The third-order valence-corrected chi connectivity index (χ3v) is 3.42. The first-order valence-corrected chi connectivity index (χ1v) is 6.63. The van der Waals surface area contributed by atoms with Crippen LogP contribution in [0.4, 0.5) is 0 Å². The van der Waals surface area contributed by atoms with E-state index in [1.807, 2.05) is 36.0 Å². The van der Waals surface area contributed by atoms with E-state index in [0.29, 0.717) is 6.42 Å². The second-order valence-corrected chi connectivity index (χ2v) is 6.01. The Kier molecular flexibility index (Phi) is 3.76. The lowest BCUT2D eigenvalue weighted by Gasteiger charge is -2.25. The maximum absolute atomic E-state index is 10.5. The fraction of sp³-hybridized carbons (Fsp3) is 0.438. The summed E-state index contributed by atoms with van der Waals surface area (Å²) in [6, 6.07) is 8.11. The van der Waals surface area contributed by atoms with Crippen molar-refractivity contribution in [2.45, 2.75) is 38.7 Å². The molecular formula is C16H22N2O. The molecule has 1 heterocycles. The van der Waals surface area contributed by atoms with Crippen LogP contribution in [-0.4, -0.2) is 14.7 Å². The maximum atomic E-state index is 10.5. The van der Waals surface area contributed by atoms with E-state index in [9.17, 15) is 5.11 Å². The van der Waals surface area contributed by atoms with Crippen molar-refractivity contribution in [1.82, 2.24) is 9.55 Å². The molecule has 2 rings (SSSR count). The Balaban J connectivity index is 2.29. The standard InChI is InChI=1S/C16H22N2O/c1-16(2,3)13-8-6-5-7-12(13)14(19)11-15-17-9-10-18(15)4/h5-10,14,19H,11H2,1-4H3. The molecule has 1 atom stereocenters. The number of aromatic nitrogens is 2. The second-order valence-electron chi connectivity index (χ2n) is 6.01. The number of rotatable bonds is 3. The van der Waals surface area contributed by atoms with Crippen molar-refractivity contribution in [3.8, 4) is 0 Å². The zero-order chi connectivity index (χ0) is 14.0. The fourth-order valence-corrected chi connectivity index (χ4v) is 2.35. The highest BCUT2D eigenvalue weighted by atomic mass is 16.3. The lowest BCUT2D eigenvalue weighted by Crippen LogP contribution is -2.17. The van der Waals surface area contributed by atoms with E-state index in [2.05, 4.69) is 31.8 Å². The minimum absolute atomic E-state index is 0.0270. The van der Waals surface area contributed by atoms with Crippen molar-refractivity contribution in [1.29, 1.82) is 0 Å². The van der Waals surface area contributed by atoms with Gasteiger partial charge >= 0.3 is 0 Å². The SMILES string of the molecule is Cn1ccnc1CC(O)c1ccccc1C(C)(C)C. The van der Waals surface area contributed by atoms with Gasteiger partial charge in [0.15, 0.2) is 0 Å². The third kappa shape index (κ3) is 3.04. The summed E-state index contributed by atoms with van der Waals surface area (Å²) in [5.41, 5.74) is 2.22. The van der Waals surface area contributed by atoms with Gasteiger partial charge in [-0.3, -0.25) is 0 Å². The molecule has 0 aliphatic rings. The van der Waals surface area contributed by atoms with Gasteiger partial charge in [-0.25, -0.2) is 4.98 Å². The summed E-state index contributed by atoms with van der Waals surface area (Å²) in [6.45, 7) is 6.50. The molecule has 0 aliphatic heterocycles. The number of benzene rings is 1. The van der Waals surface area contributed by atoms with Gasteiger partial charge in [0, 0.05) is 25.9 Å². The highest BCUT2D eigenvalue weighted by Crippen LogP contribution is 2.30. The first-order valence-electron chi connectivity index (χ1n) is 6.63. The van der Waals surface area contributed by atoms with E-state index in [1.54, 1.807) is 6.20 Å². The van der Waals surface area contributed by atoms with Crippen LogP contribution in [0.5, 0.6) is 0 Å². The maximum Gasteiger partial charge on any atom is 0.111 e. The van der Waals surface area contributed by atoms with Crippen molar-refractivity contribution in [3.63, 3.8) is 0 Å². The highest BCUT2D eigenvalue weighted by Gasteiger charge is 2.22. The molecular weight excluding hydrogens is 236 g/mol. The van der Waals surface area contributed by atoms with Crippen molar-refractivity contribution in [3.05, 3.63) is 53.6 Å². The Morgan fingerprint density at radius 3 is 2.53 bits per heavy atom. The molecule has 1 aromatic carbocycles. The van der Waals surface area contributed by atoms with E-state index in [1.165, 1.54) is 5.56 Å². The lowest BCUT2D eigenvalue weighted by molar-refractivity contribution is 0.172. The van der Waals surface area contributed by atoms with Crippen LogP contribution in [0, 0.1) is 0 Å². The molecule has 102 valence electrons. The molecule has 0 amide bonds.